The number of unbranched alkanes of at least 4 members (excludes halogenated alkanes) is 49. The molecule has 0 aliphatic rings. The molecule has 0 aromatic heterocycles. The van der Waals surface area contributed by atoms with E-state index >= 15 is 0 Å². The van der Waals surface area contributed by atoms with Crippen LogP contribution >= 0.6 is 0 Å². The molecule has 2 unspecified atom stereocenters. The van der Waals surface area contributed by atoms with Crippen LogP contribution in [0.3, 0.4) is 0 Å². The van der Waals surface area contributed by atoms with Gasteiger partial charge < -0.3 is 20.3 Å². The Morgan fingerprint density at radius 1 is 0.375 bits per heavy atom. The minimum Gasteiger partial charge on any atom is -0.466 e. The van der Waals surface area contributed by atoms with Crippen LogP contribution in [0.15, 0.2) is 12.2 Å². The second-order valence-electron chi connectivity index (χ2n) is 22.8. The van der Waals surface area contributed by atoms with Crippen molar-refractivity contribution in [1.29, 1.82) is 0 Å². The lowest BCUT2D eigenvalue weighted by Crippen LogP contribution is -2.45. The summed E-state index contributed by atoms with van der Waals surface area (Å²) in [6.07, 6.45) is 75.3. The van der Waals surface area contributed by atoms with Crippen molar-refractivity contribution in [2.75, 3.05) is 13.2 Å². The molecule has 0 radical (unpaired) electrons. The zero-order valence-electron chi connectivity index (χ0n) is 48.9. The molecule has 0 saturated heterocycles. The van der Waals surface area contributed by atoms with E-state index in [-0.39, 0.29) is 18.5 Å². The number of aliphatic hydroxyl groups is 2. The molecule has 6 nitrogen and oxygen atoms in total. The van der Waals surface area contributed by atoms with Crippen molar-refractivity contribution < 1.29 is 24.5 Å². The van der Waals surface area contributed by atoms with Gasteiger partial charge in [-0.15, -0.1) is 0 Å². The maximum atomic E-state index is 12.5. The first-order valence-corrected chi connectivity index (χ1v) is 32.9. The Morgan fingerprint density at radius 2 is 0.653 bits per heavy atom. The third-order valence-corrected chi connectivity index (χ3v) is 15.6. The predicted octanol–water partition coefficient (Wildman–Crippen LogP) is 20.8. The molecule has 0 heterocycles. The zero-order chi connectivity index (χ0) is 52.2. The monoisotopic (exact) mass is 1020 g/mol. The van der Waals surface area contributed by atoms with E-state index in [0.717, 1.165) is 38.5 Å². The Bertz CT molecular complexity index is 1080. The minimum absolute atomic E-state index is 0.0181. The van der Waals surface area contributed by atoms with Crippen LogP contribution in [0, 0.1) is 0 Å². The predicted molar refractivity (Wildman–Crippen MR) is 315 cm³/mol. The molecule has 0 aliphatic heterocycles. The van der Waals surface area contributed by atoms with Gasteiger partial charge in [-0.1, -0.05) is 321 Å². The largest absolute Gasteiger partial charge is 0.466 e. The van der Waals surface area contributed by atoms with E-state index in [0.29, 0.717) is 25.9 Å². The summed E-state index contributed by atoms with van der Waals surface area (Å²) < 4.78 is 5.49. The second-order valence-corrected chi connectivity index (χ2v) is 22.8. The molecule has 6 heteroatoms. The van der Waals surface area contributed by atoms with Crippen molar-refractivity contribution >= 4 is 11.9 Å². The number of ether oxygens (including phenoxy) is 1. The summed E-state index contributed by atoms with van der Waals surface area (Å²) in [5.74, 6) is -0.0152. The van der Waals surface area contributed by atoms with Crippen molar-refractivity contribution in [2.24, 2.45) is 0 Å². The fraction of sp³-hybridized carbons (Fsp3) is 0.939. The Labute approximate surface area is 450 Å². The van der Waals surface area contributed by atoms with Crippen molar-refractivity contribution in [3.63, 3.8) is 0 Å². The van der Waals surface area contributed by atoms with Crippen LogP contribution < -0.4 is 5.32 Å². The van der Waals surface area contributed by atoms with E-state index in [9.17, 15) is 19.8 Å². The van der Waals surface area contributed by atoms with Crippen LogP contribution in [0.5, 0.6) is 0 Å². The van der Waals surface area contributed by atoms with Gasteiger partial charge in [0.1, 0.15) is 0 Å². The number of amides is 1. The SMILES string of the molecule is CCCCCCCCCCCCCCCCC(=O)OCCCCCCCCCCCCCC/C=C\CCCCCCCCCCCCCC(=O)NC(CO)C(O)CCCCCCCCCCCCCCCC. The first-order chi connectivity index (χ1) is 35.5. The molecule has 0 aromatic rings. The molecule has 72 heavy (non-hydrogen) atoms. The average Bonchev–Trinajstić information content (AvgIpc) is 3.38. The molecule has 0 rings (SSSR count). The highest BCUT2D eigenvalue weighted by Gasteiger charge is 2.20. The minimum atomic E-state index is -0.663. The van der Waals surface area contributed by atoms with E-state index in [1.807, 2.05) is 0 Å². The summed E-state index contributed by atoms with van der Waals surface area (Å²) in [6, 6.07) is -0.541. The fourth-order valence-electron chi connectivity index (χ4n) is 10.5. The summed E-state index contributed by atoms with van der Waals surface area (Å²) >= 11 is 0. The van der Waals surface area contributed by atoms with E-state index in [4.69, 9.17) is 4.74 Å². The Kier molecular flexibility index (Phi) is 60.9. The number of nitrogens with one attached hydrogen (secondary N) is 1. The van der Waals surface area contributed by atoms with Crippen LogP contribution in [0.4, 0.5) is 0 Å². The van der Waals surface area contributed by atoms with Gasteiger partial charge in [0.05, 0.1) is 25.4 Å². The summed E-state index contributed by atoms with van der Waals surface area (Å²) in [5.41, 5.74) is 0. The maximum Gasteiger partial charge on any atom is 0.305 e. The zero-order valence-corrected chi connectivity index (χ0v) is 48.9. The Balaban J connectivity index is 3.36. The van der Waals surface area contributed by atoms with Crippen LogP contribution in [0.25, 0.3) is 0 Å². The van der Waals surface area contributed by atoms with Crippen molar-refractivity contribution in [2.45, 2.75) is 386 Å². The third kappa shape index (κ3) is 57.9. The van der Waals surface area contributed by atoms with Gasteiger partial charge in [-0.3, -0.25) is 9.59 Å². The van der Waals surface area contributed by atoms with Gasteiger partial charge in [0.2, 0.25) is 5.91 Å². The smallest absolute Gasteiger partial charge is 0.305 e. The molecule has 0 fully saturated rings. The number of allylic oxidation sites excluding steroid dienone is 2. The number of carbonyl (C=O) groups is 2. The van der Waals surface area contributed by atoms with E-state index in [1.54, 1.807) is 0 Å². The number of aliphatic hydroxyl groups excluding tert-OH is 2. The van der Waals surface area contributed by atoms with Crippen molar-refractivity contribution in [1.82, 2.24) is 5.32 Å². The molecule has 0 spiro atoms. The number of hydrogen-bond donors (Lipinski definition) is 3. The van der Waals surface area contributed by atoms with Gasteiger partial charge in [0, 0.05) is 12.8 Å². The highest BCUT2D eigenvalue weighted by molar-refractivity contribution is 5.76. The summed E-state index contributed by atoms with van der Waals surface area (Å²) in [5, 5.41) is 23.3. The first-order valence-electron chi connectivity index (χ1n) is 32.9. The highest BCUT2D eigenvalue weighted by atomic mass is 16.5. The maximum absolute atomic E-state index is 12.5. The van der Waals surface area contributed by atoms with Gasteiger partial charge in [-0.05, 0) is 51.4 Å². The topological polar surface area (TPSA) is 95.9 Å². The summed E-state index contributed by atoms with van der Waals surface area (Å²) in [6.45, 7) is 4.98. The quantitative estimate of drug-likeness (QED) is 0.0320. The third-order valence-electron chi connectivity index (χ3n) is 15.6. The lowest BCUT2D eigenvalue weighted by atomic mass is 10.0. The van der Waals surface area contributed by atoms with E-state index in [1.165, 1.54) is 302 Å². The average molecular weight is 1020 g/mol. The van der Waals surface area contributed by atoms with Crippen LogP contribution in [0.1, 0.15) is 373 Å². The summed E-state index contributed by atoms with van der Waals surface area (Å²) in [7, 11) is 0. The second kappa shape index (κ2) is 62.1. The molecule has 1 amide bonds. The Morgan fingerprint density at radius 3 is 0.986 bits per heavy atom. The number of rotatable bonds is 62. The molecule has 2 atom stereocenters. The Hall–Kier alpha value is -1.40. The lowest BCUT2D eigenvalue weighted by molar-refractivity contribution is -0.143. The van der Waals surface area contributed by atoms with Gasteiger partial charge in [0.25, 0.3) is 0 Å². The molecule has 0 bridgehead atoms. The molecule has 428 valence electrons. The van der Waals surface area contributed by atoms with Gasteiger partial charge in [-0.25, -0.2) is 0 Å². The van der Waals surface area contributed by atoms with E-state index in [2.05, 4.69) is 31.3 Å². The first kappa shape index (κ1) is 70.6. The van der Waals surface area contributed by atoms with Gasteiger partial charge in [-0.2, -0.15) is 0 Å². The van der Waals surface area contributed by atoms with Crippen molar-refractivity contribution in [3.8, 4) is 0 Å². The molecule has 0 aromatic carbocycles. The number of esters is 1. The highest BCUT2D eigenvalue weighted by Crippen LogP contribution is 2.18. The fourth-order valence-corrected chi connectivity index (χ4v) is 10.5. The molecule has 0 saturated carbocycles. The standard InChI is InChI=1S/C66H129NO5/c1-3-5-7-9-11-13-15-17-34-38-42-46-50-54-58-64(69)63(62-68)67-65(70)59-55-51-47-43-39-35-32-30-28-26-24-22-20-19-21-23-25-27-29-31-33-37-41-45-49-53-57-61-72-66(71)60-56-52-48-44-40-36-18-16-14-12-10-8-6-4-2/h19-20,63-64,68-69H,3-18,21-62H2,1-2H3,(H,67,70)/b20-19-. The molecular weight excluding hydrogens is 887 g/mol. The molecule has 3 N–H and O–H groups in total. The normalized spacial score (nSPS) is 12.6. The lowest BCUT2D eigenvalue weighted by Gasteiger charge is -2.22. The molecular formula is C66H129NO5. The van der Waals surface area contributed by atoms with Gasteiger partial charge >= 0.3 is 5.97 Å². The number of hydrogen-bond acceptors (Lipinski definition) is 5. The van der Waals surface area contributed by atoms with Crippen LogP contribution in [0.2, 0.25) is 0 Å². The number of carbonyl (C=O) groups excluding carboxylic acids is 2. The van der Waals surface area contributed by atoms with Gasteiger partial charge in [0.15, 0.2) is 0 Å². The van der Waals surface area contributed by atoms with Crippen molar-refractivity contribution in [3.05, 3.63) is 12.2 Å². The van der Waals surface area contributed by atoms with Crippen LogP contribution in [-0.4, -0.2) is 47.4 Å². The summed E-state index contributed by atoms with van der Waals surface area (Å²) in [4.78, 5) is 24.5. The van der Waals surface area contributed by atoms with E-state index < -0.39 is 12.1 Å². The molecule has 0 aliphatic carbocycles. The van der Waals surface area contributed by atoms with Crippen LogP contribution in [-0.2, 0) is 14.3 Å².